The van der Waals surface area contributed by atoms with Gasteiger partial charge in [-0.1, -0.05) is 25.1 Å². The molecule has 0 spiro atoms. The molecule has 6 rings (SSSR count). The van der Waals surface area contributed by atoms with Gasteiger partial charge in [-0.3, -0.25) is 28.9 Å². The highest BCUT2D eigenvalue weighted by molar-refractivity contribution is 7.22. The van der Waals surface area contributed by atoms with Crippen LogP contribution in [0, 0.1) is 23.7 Å². The summed E-state index contributed by atoms with van der Waals surface area (Å²) in [7, 11) is 2.92. The molecule has 1 amide bonds. The van der Waals surface area contributed by atoms with Crippen LogP contribution in [0.2, 0.25) is 0 Å². The molecule has 10 nitrogen and oxygen atoms in total. The molecule has 2 fully saturated rings. The molecule has 3 aliphatic carbocycles. The molecule has 0 bridgehead atoms. The first kappa shape index (κ1) is 27.4. The number of hydrogen-bond acceptors (Lipinski definition) is 10. The van der Waals surface area contributed by atoms with Gasteiger partial charge in [0.15, 0.2) is 34.7 Å². The first-order valence-electron chi connectivity index (χ1n) is 13.2. The topological polar surface area (TPSA) is 175 Å². The molecule has 0 saturated heterocycles. The Morgan fingerprint density at radius 1 is 1.05 bits per heavy atom. The molecule has 0 radical (unpaired) electrons. The van der Waals surface area contributed by atoms with Crippen LogP contribution in [-0.2, 0) is 19.2 Å². The molecule has 11 heteroatoms. The Labute approximate surface area is 238 Å². The maximum Gasteiger partial charge on any atom is 0.235 e. The van der Waals surface area contributed by atoms with Gasteiger partial charge in [0.05, 0.1) is 29.5 Å². The van der Waals surface area contributed by atoms with Crippen LogP contribution in [0.15, 0.2) is 42.5 Å². The van der Waals surface area contributed by atoms with Gasteiger partial charge in [0.1, 0.15) is 5.75 Å². The van der Waals surface area contributed by atoms with Crippen molar-refractivity contribution in [1.29, 1.82) is 0 Å². The SMILES string of the molecule is C[C@H]1c2c(-c3cc4ccccc4s3)ccc(O)c2C(=O)C2C(=O)[C@]3(O)C(=O)C(C(N)=O)C(=O)C(N(C)C)[C@@H]3[C@@H](O)[C@@H]21. The Bertz CT molecular complexity index is 1660. The number of phenolic OH excluding ortho intramolecular Hbond substituents is 1. The molecule has 41 heavy (non-hydrogen) atoms. The van der Waals surface area contributed by atoms with E-state index in [0.29, 0.717) is 11.1 Å². The molecule has 3 unspecified atom stereocenters. The van der Waals surface area contributed by atoms with Crippen molar-refractivity contribution in [3.63, 3.8) is 0 Å². The van der Waals surface area contributed by atoms with Crippen molar-refractivity contribution in [2.75, 3.05) is 14.1 Å². The van der Waals surface area contributed by atoms with Crippen molar-refractivity contribution in [2.24, 2.45) is 29.4 Å². The zero-order valence-corrected chi connectivity index (χ0v) is 23.2. The third-order valence-electron chi connectivity index (χ3n) is 9.16. The Balaban J connectivity index is 1.57. The zero-order chi connectivity index (χ0) is 29.7. The molecule has 3 aliphatic rings. The van der Waals surface area contributed by atoms with E-state index in [4.69, 9.17) is 5.73 Å². The molecular weight excluding hydrogens is 548 g/mol. The predicted octanol–water partition coefficient (Wildman–Crippen LogP) is 1.28. The lowest BCUT2D eigenvalue weighted by molar-refractivity contribution is -0.196. The quantitative estimate of drug-likeness (QED) is 0.335. The second-order valence-corrected chi connectivity index (χ2v) is 12.5. The fourth-order valence-electron chi connectivity index (χ4n) is 7.40. The lowest BCUT2D eigenvalue weighted by Crippen LogP contribution is -2.77. The number of rotatable bonds is 3. The van der Waals surface area contributed by atoms with Crippen molar-refractivity contribution < 1.29 is 39.3 Å². The van der Waals surface area contributed by atoms with Crippen LogP contribution < -0.4 is 5.73 Å². The normalized spacial score (nSPS) is 33.1. The molecule has 5 N–H and O–H groups in total. The average Bonchev–Trinajstić information content (AvgIpc) is 3.34. The van der Waals surface area contributed by atoms with Crippen molar-refractivity contribution >= 4 is 50.5 Å². The van der Waals surface area contributed by atoms with E-state index >= 15 is 0 Å². The van der Waals surface area contributed by atoms with E-state index in [1.54, 1.807) is 13.0 Å². The highest BCUT2D eigenvalue weighted by atomic mass is 32.1. The summed E-state index contributed by atoms with van der Waals surface area (Å²) in [5.74, 6) is -13.4. The average molecular weight is 577 g/mol. The maximum absolute atomic E-state index is 14.1. The highest BCUT2D eigenvalue weighted by Gasteiger charge is 2.73. The number of aromatic hydroxyl groups is 1. The van der Waals surface area contributed by atoms with Gasteiger partial charge in [-0.15, -0.1) is 11.3 Å². The van der Waals surface area contributed by atoms with Crippen LogP contribution in [0.25, 0.3) is 20.5 Å². The number of benzene rings is 2. The van der Waals surface area contributed by atoms with Crippen molar-refractivity contribution in [3.8, 4) is 16.2 Å². The molecule has 1 heterocycles. The molecule has 212 valence electrons. The summed E-state index contributed by atoms with van der Waals surface area (Å²) >= 11 is 1.49. The fraction of sp³-hybridized carbons (Fsp3) is 0.367. The first-order valence-corrected chi connectivity index (χ1v) is 14.0. The lowest BCUT2D eigenvalue weighted by atomic mass is 9.49. The number of nitrogens with two attached hydrogens (primary N) is 1. The van der Waals surface area contributed by atoms with Crippen LogP contribution >= 0.6 is 11.3 Å². The summed E-state index contributed by atoms with van der Waals surface area (Å²) in [5.41, 5.74) is 3.29. The minimum Gasteiger partial charge on any atom is -0.507 e. The van der Waals surface area contributed by atoms with Crippen LogP contribution in [0.1, 0.15) is 28.8 Å². The number of amides is 1. The van der Waals surface area contributed by atoms with Gasteiger partial charge >= 0.3 is 0 Å². The van der Waals surface area contributed by atoms with E-state index in [0.717, 1.165) is 15.0 Å². The van der Waals surface area contributed by atoms with E-state index < -0.39 is 76.4 Å². The van der Waals surface area contributed by atoms with E-state index in [9.17, 15) is 39.3 Å². The zero-order valence-electron chi connectivity index (χ0n) is 22.4. The molecule has 2 saturated carbocycles. The van der Waals surface area contributed by atoms with Gasteiger partial charge in [-0.25, -0.2) is 0 Å². The maximum atomic E-state index is 14.1. The number of carbonyl (C=O) groups excluding carboxylic acids is 5. The number of likely N-dealkylation sites (N-methyl/N-ethyl adjacent to an activating group) is 1. The Morgan fingerprint density at radius 3 is 2.37 bits per heavy atom. The second kappa shape index (κ2) is 9.12. The molecule has 1 aromatic heterocycles. The Kier molecular flexibility index (Phi) is 6.09. The molecule has 8 atom stereocenters. The number of aliphatic hydroxyl groups is 2. The fourth-order valence-corrected chi connectivity index (χ4v) is 8.50. The minimum absolute atomic E-state index is 0.119. The number of fused-ring (bicyclic) bond motifs is 4. The first-order chi connectivity index (χ1) is 19.3. The summed E-state index contributed by atoms with van der Waals surface area (Å²) in [5, 5.41) is 35.5. The molecular formula is C30H28N2O8S. The Hall–Kier alpha value is -3.77. The second-order valence-electron chi connectivity index (χ2n) is 11.4. The number of ketones is 4. The van der Waals surface area contributed by atoms with Gasteiger partial charge in [0, 0.05) is 15.5 Å². The predicted molar refractivity (Wildman–Crippen MR) is 148 cm³/mol. The summed E-state index contributed by atoms with van der Waals surface area (Å²) in [6.45, 7) is 1.71. The van der Waals surface area contributed by atoms with Crippen LogP contribution in [0.3, 0.4) is 0 Å². The van der Waals surface area contributed by atoms with Crippen LogP contribution in [0.5, 0.6) is 5.75 Å². The van der Waals surface area contributed by atoms with Gasteiger partial charge in [-0.05, 0) is 60.8 Å². The van der Waals surface area contributed by atoms with Crippen molar-refractivity contribution in [2.45, 2.75) is 30.6 Å². The number of hydrogen-bond donors (Lipinski definition) is 4. The number of primary amides is 1. The summed E-state index contributed by atoms with van der Waals surface area (Å²) in [6.07, 6.45) is -1.68. The van der Waals surface area contributed by atoms with Gasteiger partial charge < -0.3 is 21.1 Å². The number of nitrogens with zero attached hydrogens (tertiary/aromatic N) is 1. The molecule has 0 aliphatic heterocycles. The Morgan fingerprint density at radius 2 is 1.73 bits per heavy atom. The number of Topliss-reactive ketones (excluding diaryl/α,β-unsaturated/α-hetero) is 4. The largest absolute Gasteiger partial charge is 0.507 e. The molecule has 2 aromatic carbocycles. The monoisotopic (exact) mass is 576 g/mol. The van der Waals surface area contributed by atoms with Gasteiger partial charge in [-0.2, -0.15) is 0 Å². The third kappa shape index (κ3) is 3.49. The lowest BCUT2D eigenvalue weighted by Gasteiger charge is -2.56. The molecule has 3 aromatic rings. The van der Waals surface area contributed by atoms with E-state index in [-0.39, 0.29) is 11.3 Å². The van der Waals surface area contributed by atoms with E-state index in [1.165, 1.54) is 36.4 Å². The third-order valence-corrected chi connectivity index (χ3v) is 10.3. The number of carbonyl (C=O) groups is 5. The van der Waals surface area contributed by atoms with Crippen molar-refractivity contribution in [3.05, 3.63) is 53.6 Å². The van der Waals surface area contributed by atoms with E-state index in [1.807, 2.05) is 30.3 Å². The van der Waals surface area contributed by atoms with Crippen molar-refractivity contribution in [1.82, 2.24) is 4.90 Å². The number of thiophene rings is 1. The van der Waals surface area contributed by atoms with Gasteiger partial charge in [0.2, 0.25) is 5.91 Å². The summed E-state index contributed by atoms with van der Waals surface area (Å²) < 4.78 is 1.01. The van der Waals surface area contributed by atoms with Crippen LogP contribution in [0.4, 0.5) is 0 Å². The van der Waals surface area contributed by atoms with Crippen LogP contribution in [-0.4, -0.2) is 81.1 Å². The number of aliphatic hydroxyl groups excluding tert-OH is 1. The summed E-state index contributed by atoms with van der Waals surface area (Å²) in [4.78, 5) is 69.3. The number of phenols is 1. The van der Waals surface area contributed by atoms with E-state index in [2.05, 4.69) is 0 Å². The summed E-state index contributed by atoms with van der Waals surface area (Å²) in [6, 6.07) is 11.3. The smallest absolute Gasteiger partial charge is 0.235 e. The minimum atomic E-state index is -3.02. The van der Waals surface area contributed by atoms with Gasteiger partial charge in [0.25, 0.3) is 0 Å². The highest BCUT2D eigenvalue weighted by Crippen LogP contribution is 2.56. The standard InChI is InChI=1S/C30H28N2O8S/c1-11-17-13(16-10-12-6-4-5-7-15(12)41-16)8-9-14(33)19(17)24(34)20-18(11)25(35)22-23(32(2)3)26(36)21(29(31)39)28(38)30(22,40)27(20)37/h4-11,18,20-23,25,33,35,40H,1-3H3,(H2,31,39)/t11-,18+,20?,21?,22+,23?,25-,30-/m0/s1.